The minimum atomic E-state index is -0.486. The van der Waals surface area contributed by atoms with Crippen molar-refractivity contribution in [1.29, 1.82) is 0 Å². The molecule has 0 saturated heterocycles. The Labute approximate surface area is 120 Å². The molecule has 0 aliphatic heterocycles. The van der Waals surface area contributed by atoms with Gasteiger partial charge in [-0.3, -0.25) is 0 Å². The highest BCUT2D eigenvalue weighted by Gasteiger charge is 2.29. The van der Waals surface area contributed by atoms with Crippen LogP contribution in [0.3, 0.4) is 0 Å². The molecular formula is C17H25F2N. The molecule has 0 heterocycles. The summed E-state index contributed by atoms with van der Waals surface area (Å²) in [5.41, 5.74) is 0.744. The lowest BCUT2D eigenvalue weighted by Gasteiger charge is -2.36. The van der Waals surface area contributed by atoms with Crippen molar-refractivity contribution in [3.8, 4) is 0 Å². The number of likely N-dealkylation sites (N-methyl/N-ethyl adjacent to an activating group) is 1. The van der Waals surface area contributed by atoms with E-state index in [0.717, 1.165) is 23.5 Å². The van der Waals surface area contributed by atoms with Crippen LogP contribution >= 0.6 is 0 Å². The minimum Gasteiger partial charge on any atom is -0.316 e. The average molecular weight is 281 g/mol. The maximum atomic E-state index is 13.3. The van der Waals surface area contributed by atoms with E-state index in [1.165, 1.54) is 31.4 Å². The van der Waals surface area contributed by atoms with Crippen molar-refractivity contribution in [1.82, 2.24) is 5.32 Å². The maximum absolute atomic E-state index is 13.3. The van der Waals surface area contributed by atoms with Gasteiger partial charge in [-0.05, 0) is 61.8 Å². The molecule has 3 heteroatoms. The van der Waals surface area contributed by atoms with Crippen LogP contribution in [0.15, 0.2) is 18.2 Å². The summed E-state index contributed by atoms with van der Waals surface area (Å²) >= 11 is 0. The van der Waals surface area contributed by atoms with Crippen molar-refractivity contribution in [2.75, 3.05) is 7.05 Å². The Bertz CT molecular complexity index is 426. The van der Waals surface area contributed by atoms with Crippen LogP contribution < -0.4 is 5.32 Å². The van der Waals surface area contributed by atoms with E-state index in [9.17, 15) is 8.78 Å². The molecule has 0 amide bonds. The summed E-state index contributed by atoms with van der Waals surface area (Å²) in [7, 11) is 1.95. The van der Waals surface area contributed by atoms with Crippen molar-refractivity contribution in [2.24, 2.45) is 17.8 Å². The van der Waals surface area contributed by atoms with Gasteiger partial charge in [-0.1, -0.05) is 20.3 Å². The molecule has 0 aromatic heterocycles. The van der Waals surface area contributed by atoms with E-state index in [0.29, 0.717) is 18.4 Å². The van der Waals surface area contributed by atoms with Gasteiger partial charge in [-0.2, -0.15) is 0 Å². The van der Waals surface area contributed by atoms with Gasteiger partial charge in [0.25, 0.3) is 0 Å². The zero-order chi connectivity index (χ0) is 14.7. The molecular weight excluding hydrogens is 256 g/mol. The molecule has 0 radical (unpaired) electrons. The second kappa shape index (κ2) is 6.66. The van der Waals surface area contributed by atoms with Crippen LogP contribution in [0, 0.1) is 29.4 Å². The first-order valence-corrected chi connectivity index (χ1v) is 7.61. The first-order valence-electron chi connectivity index (χ1n) is 7.61. The topological polar surface area (TPSA) is 12.0 Å². The predicted octanol–water partition coefficient (Wildman–Crippen LogP) is 4.17. The largest absolute Gasteiger partial charge is 0.316 e. The summed E-state index contributed by atoms with van der Waals surface area (Å²) in [6.07, 6.45) is 4.34. The fourth-order valence-electron chi connectivity index (χ4n) is 3.44. The monoisotopic (exact) mass is 281 g/mol. The molecule has 4 unspecified atom stereocenters. The molecule has 1 aliphatic rings. The zero-order valence-electron chi connectivity index (χ0n) is 12.6. The molecule has 4 atom stereocenters. The van der Waals surface area contributed by atoms with Crippen molar-refractivity contribution < 1.29 is 8.78 Å². The normalized spacial score (nSPS) is 28.4. The molecule has 0 bridgehead atoms. The molecule has 1 aromatic carbocycles. The fourth-order valence-corrected chi connectivity index (χ4v) is 3.44. The first kappa shape index (κ1) is 15.4. The van der Waals surface area contributed by atoms with Gasteiger partial charge in [-0.25, -0.2) is 8.78 Å². The Morgan fingerprint density at radius 3 is 2.30 bits per heavy atom. The van der Waals surface area contributed by atoms with Gasteiger partial charge in [0.1, 0.15) is 11.6 Å². The summed E-state index contributed by atoms with van der Waals surface area (Å²) in [6.45, 7) is 4.63. The van der Waals surface area contributed by atoms with Crippen molar-refractivity contribution in [3.05, 3.63) is 35.4 Å². The lowest BCUT2D eigenvalue weighted by Crippen LogP contribution is -2.39. The van der Waals surface area contributed by atoms with Crippen molar-refractivity contribution >= 4 is 0 Å². The van der Waals surface area contributed by atoms with E-state index in [4.69, 9.17) is 0 Å². The smallest absolute Gasteiger partial charge is 0.126 e. The summed E-state index contributed by atoms with van der Waals surface area (Å²) in [4.78, 5) is 0. The lowest BCUT2D eigenvalue weighted by molar-refractivity contribution is 0.173. The second-order valence-electron chi connectivity index (χ2n) is 6.40. The Morgan fingerprint density at radius 1 is 1.10 bits per heavy atom. The van der Waals surface area contributed by atoms with E-state index in [-0.39, 0.29) is 0 Å². The second-order valence-corrected chi connectivity index (χ2v) is 6.40. The Hall–Kier alpha value is -0.960. The third-order valence-corrected chi connectivity index (χ3v) is 4.96. The Morgan fingerprint density at radius 2 is 1.75 bits per heavy atom. The number of nitrogens with one attached hydrogen (secondary N) is 1. The number of hydrogen-bond donors (Lipinski definition) is 1. The van der Waals surface area contributed by atoms with Crippen LogP contribution in [0.5, 0.6) is 0 Å². The highest BCUT2D eigenvalue weighted by molar-refractivity contribution is 5.19. The Kier molecular flexibility index (Phi) is 5.14. The molecule has 112 valence electrons. The van der Waals surface area contributed by atoms with E-state index in [1.807, 2.05) is 7.05 Å². The molecule has 1 saturated carbocycles. The number of rotatable bonds is 4. The van der Waals surface area contributed by atoms with Gasteiger partial charge in [0.05, 0.1) is 0 Å². The Balaban J connectivity index is 2.05. The van der Waals surface area contributed by atoms with Crippen molar-refractivity contribution in [2.45, 2.75) is 45.6 Å². The highest BCUT2D eigenvalue weighted by Crippen LogP contribution is 2.35. The molecule has 0 spiro atoms. The highest BCUT2D eigenvalue weighted by atomic mass is 19.1. The van der Waals surface area contributed by atoms with Gasteiger partial charge in [-0.15, -0.1) is 0 Å². The molecule has 20 heavy (non-hydrogen) atoms. The van der Waals surface area contributed by atoms with Crippen molar-refractivity contribution in [3.63, 3.8) is 0 Å². The summed E-state index contributed by atoms with van der Waals surface area (Å²) in [6, 6.07) is 4.12. The predicted molar refractivity (Wildman–Crippen MR) is 78.6 cm³/mol. The first-order chi connectivity index (χ1) is 9.49. The number of hydrogen-bond acceptors (Lipinski definition) is 1. The van der Waals surface area contributed by atoms with Crippen LogP contribution in [0.2, 0.25) is 0 Å². The van der Waals surface area contributed by atoms with Crippen LogP contribution in [0.1, 0.15) is 38.7 Å². The number of halogens is 2. The van der Waals surface area contributed by atoms with Crippen LogP contribution in [0.4, 0.5) is 8.78 Å². The van der Waals surface area contributed by atoms with Crippen LogP contribution in [0.25, 0.3) is 0 Å². The molecule has 1 nitrogen and oxygen atoms in total. The van der Waals surface area contributed by atoms with Gasteiger partial charge < -0.3 is 5.32 Å². The quantitative estimate of drug-likeness (QED) is 0.873. The van der Waals surface area contributed by atoms with E-state index in [2.05, 4.69) is 19.2 Å². The van der Waals surface area contributed by atoms with Crippen LogP contribution in [-0.4, -0.2) is 13.1 Å². The van der Waals surface area contributed by atoms with Crippen LogP contribution in [-0.2, 0) is 6.42 Å². The zero-order valence-corrected chi connectivity index (χ0v) is 12.6. The van der Waals surface area contributed by atoms with Gasteiger partial charge >= 0.3 is 0 Å². The molecule has 1 N–H and O–H groups in total. The fraction of sp³-hybridized carbons (Fsp3) is 0.647. The average Bonchev–Trinajstić information content (AvgIpc) is 2.38. The summed E-state index contributed by atoms with van der Waals surface area (Å²) in [5, 5.41) is 3.35. The minimum absolute atomic E-state index is 0.297. The molecule has 1 aliphatic carbocycles. The maximum Gasteiger partial charge on any atom is 0.126 e. The van der Waals surface area contributed by atoms with E-state index in [1.54, 1.807) is 0 Å². The van der Waals surface area contributed by atoms with Gasteiger partial charge in [0.15, 0.2) is 0 Å². The lowest BCUT2D eigenvalue weighted by atomic mass is 9.72. The standard InChI is InChI=1S/C17H25F2N/c1-11-4-5-14(6-12(11)2)17(20-3)9-13-7-15(18)10-16(19)8-13/h7-8,10-12,14,17,20H,4-6,9H2,1-3H3. The van der Waals surface area contributed by atoms with Gasteiger partial charge in [0.2, 0.25) is 0 Å². The van der Waals surface area contributed by atoms with Gasteiger partial charge in [0, 0.05) is 12.1 Å². The number of benzene rings is 1. The third kappa shape index (κ3) is 3.78. The molecule has 1 fully saturated rings. The SMILES string of the molecule is CNC(Cc1cc(F)cc(F)c1)C1CCC(C)C(C)C1. The molecule has 2 rings (SSSR count). The van der Waals surface area contributed by atoms with E-state index >= 15 is 0 Å². The van der Waals surface area contributed by atoms with E-state index < -0.39 is 11.6 Å². The summed E-state index contributed by atoms with van der Waals surface area (Å²) < 4.78 is 26.6. The summed E-state index contributed by atoms with van der Waals surface area (Å²) in [5.74, 6) is 1.14. The molecule has 1 aromatic rings. The third-order valence-electron chi connectivity index (χ3n) is 4.96.